The number of hydrogen-bond acceptors (Lipinski definition) is 5. The highest BCUT2D eigenvalue weighted by Crippen LogP contribution is 2.30. The molecule has 0 saturated heterocycles. The third-order valence-electron chi connectivity index (χ3n) is 2.14. The standard InChI is InChI=1S/C11H11FN2O2S/c1-6(15)8-3-4-10(9(12)5-8)17-11-14-13-7(2)16-11/h3-6,15H,1-2H3/t6-/m0/s1. The van der Waals surface area contributed by atoms with E-state index in [-0.39, 0.29) is 0 Å². The second-order valence-corrected chi connectivity index (χ2v) is 4.55. The number of halogens is 1. The number of aliphatic hydroxyl groups is 1. The maximum atomic E-state index is 13.7. The molecule has 0 aliphatic carbocycles. The predicted molar refractivity (Wildman–Crippen MR) is 60.2 cm³/mol. The first kappa shape index (κ1) is 12.1. The second-order valence-electron chi connectivity index (χ2n) is 3.55. The van der Waals surface area contributed by atoms with E-state index < -0.39 is 11.9 Å². The quantitative estimate of drug-likeness (QED) is 0.912. The fourth-order valence-electron chi connectivity index (χ4n) is 1.27. The molecule has 0 fully saturated rings. The summed E-state index contributed by atoms with van der Waals surface area (Å²) < 4.78 is 18.8. The van der Waals surface area contributed by atoms with E-state index in [1.54, 1.807) is 26.0 Å². The fraction of sp³-hybridized carbons (Fsp3) is 0.273. The third-order valence-corrected chi connectivity index (χ3v) is 3.03. The average molecular weight is 254 g/mol. The lowest BCUT2D eigenvalue weighted by Gasteiger charge is -2.06. The van der Waals surface area contributed by atoms with E-state index in [2.05, 4.69) is 10.2 Å². The monoisotopic (exact) mass is 254 g/mol. The summed E-state index contributed by atoms with van der Waals surface area (Å²) in [5.74, 6) is 0.0257. The molecule has 4 nitrogen and oxygen atoms in total. The first-order chi connectivity index (χ1) is 8.06. The fourth-order valence-corrected chi connectivity index (χ4v) is 2.00. The maximum absolute atomic E-state index is 13.7. The molecule has 1 atom stereocenters. The Balaban J connectivity index is 2.22. The lowest BCUT2D eigenvalue weighted by molar-refractivity contribution is 0.198. The Morgan fingerprint density at radius 1 is 1.41 bits per heavy atom. The molecule has 1 heterocycles. The van der Waals surface area contributed by atoms with Crippen LogP contribution in [0.3, 0.4) is 0 Å². The summed E-state index contributed by atoms with van der Waals surface area (Å²) in [7, 11) is 0. The van der Waals surface area contributed by atoms with E-state index in [9.17, 15) is 9.50 Å². The molecular weight excluding hydrogens is 243 g/mol. The van der Waals surface area contributed by atoms with Crippen molar-refractivity contribution in [3.8, 4) is 0 Å². The van der Waals surface area contributed by atoms with E-state index in [4.69, 9.17) is 4.42 Å². The van der Waals surface area contributed by atoms with Crippen LogP contribution < -0.4 is 0 Å². The van der Waals surface area contributed by atoms with Gasteiger partial charge in [-0.2, -0.15) is 0 Å². The van der Waals surface area contributed by atoms with Crippen molar-refractivity contribution in [2.75, 3.05) is 0 Å². The molecule has 2 aromatic rings. The van der Waals surface area contributed by atoms with Crippen LogP contribution in [-0.4, -0.2) is 15.3 Å². The Kier molecular flexibility index (Phi) is 3.44. The van der Waals surface area contributed by atoms with Gasteiger partial charge < -0.3 is 9.52 Å². The lowest BCUT2D eigenvalue weighted by Crippen LogP contribution is -1.92. The number of rotatable bonds is 3. The first-order valence-electron chi connectivity index (χ1n) is 5.01. The van der Waals surface area contributed by atoms with Crippen molar-refractivity contribution in [1.29, 1.82) is 0 Å². The number of nitrogens with zero attached hydrogens (tertiary/aromatic N) is 2. The molecule has 1 N–H and O–H groups in total. The topological polar surface area (TPSA) is 59.2 Å². The van der Waals surface area contributed by atoms with Gasteiger partial charge in [-0.25, -0.2) is 4.39 Å². The normalized spacial score (nSPS) is 12.7. The van der Waals surface area contributed by atoms with E-state index in [0.717, 1.165) is 11.8 Å². The summed E-state index contributed by atoms with van der Waals surface area (Å²) in [5.41, 5.74) is 0.536. The highest BCUT2D eigenvalue weighted by molar-refractivity contribution is 7.99. The number of aliphatic hydroxyl groups excluding tert-OH is 1. The van der Waals surface area contributed by atoms with Gasteiger partial charge in [0.05, 0.1) is 11.0 Å². The van der Waals surface area contributed by atoms with Crippen LogP contribution in [0.4, 0.5) is 4.39 Å². The molecule has 0 saturated carbocycles. The Hall–Kier alpha value is -1.40. The van der Waals surface area contributed by atoms with Gasteiger partial charge in [-0.15, -0.1) is 10.2 Å². The van der Waals surface area contributed by atoms with Crippen LogP contribution in [0.2, 0.25) is 0 Å². The molecule has 0 bridgehead atoms. The summed E-state index contributed by atoms with van der Waals surface area (Å²) >= 11 is 1.06. The van der Waals surface area contributed by atoms with Gasteiger partial charge in [0.1, 0.15) is 5.82 Å². The van der Waals surface area contributed by atoms with Crippen molar-refractivity contribution in [3.63, 3.8) is 0 Å². The van der Waals surface area contributed by atoms with Gasteiger partial charge in [-0.05, 0) is 36.4 Å². The first-order valence-corrected chi connectivity index (χ1v) is 5.83. The second kappa shape index (κ2) is 4.85. The minimum absolute atomic E-state index is 0.297. The molecule has 1 aromatic carbocycles. The minimum atomic E-state index is -0.686. The zero-order valence-corrected chi connectivity index (χ0v) is 10.2. The summed E-state index contributed by atoms with van der Waals surface area (Å²) in [6.45, 7) is 3.26. The predicted octanol–water partition coefficient (Wildman–Crippen LogP) is 2.72. The largest absolute Gasteiger partial charge is 0.416 e. The van der Waals surface area contributed by atoms with Gasteiger partial charge in [0.25, 0.3) is 5.22 Å². The summed E-state index contributed by atoms with van der Waals surface area (Å²) in [4.78, 5) is 0.387. The molecule has 17 heavy (non-hydrogen) atoms. The van der Waals surface area contributed by atoms with E-state index in [1.807, 2.05) is 0 Å². The lowest BCUT2D eigenvalue weighted by atomic mass is 10.1. The number of hydrogen-bond donors (Lipinski definition) is 1. The van der Waals surface area contributed by atoms with Crippen molar-refractivity contribution in [1.82, 2.24) is 10.2 Å². The molecule has 0 amide bonds. The van der Waals surface area contributed by atoms with Crippen LogP contribution in [0.1, 0.15) is 24.5 Å². The van der Waals surface area contributed by atoms with Crippen LogP contribution in [0.25, 0.3) is 0 Å². The van der Waals surface area contributed by atoms with E-state index in [0.29, 0.717) is 21.6 Å². The van der Waals surface area contributed by atoms with Crippen LogP contribution in [-0.2, 0) is 0 Å². The Morgan fingerprint density at radius 3 is 2.71 bits per heavy atom. The third kappa shape index (κ3) is 2.83. The van der Waals surface area contributed by atoms with Crippen molar-refractivity contribution in [2.24, 2.45) is 0 Å². The van der Waals surface area contributed by atoms with Crippen LogP contribution in [0.5, 0.6) is 0 Å². The highest BCUT2D eigenvalue weighted by Gasteiger charge is 2.11. The van der Waals surface area contributed by atoms with Gasteiger partial charge in [0, 0.05) is 6.92 Å². The van der Waals surface area contributed by atoms with E-state index in [1.165, 1.54) is 6.07 Å². The van der Waals surface area contributed by atoms with Crippen LogP contribution in [0.15, 0.2) is 32.7 Å². The molecular formula is C11H11FN2O2S. The average Bonchev–Trinajstić information content (AvgIpc) is 2.67. The molecule has 0 unspecified atom stereocenters. The Morgan fingerprint density at radius 2 is 2.18 bits per heavy atom. The molecule has 2 rings (SSSR count). The summed E-state index contributed by atoms with van der Waals surface area (Å²) in [6, 6.07) is 4.55. The zero-order valence-electron chi connectivity index (χ0n) is 9.35. The maximum Gasteiger partial charge on any atom is 0.281 e. The molecule has 6 heteroatoms. The molecule has 0 spiro atoms. The minimum Gasteiger partial charge on any atom is -0.416 e. The molecule has 0 radical (unpaired) electrons. The van der Waals surface area contributed by atoms with Crippen molar-refractivity contribution < 1.29 is 13.9 Å². The van der Waals surface area contributed by atoms with Crippen molar-refractivity contribution >= 4 is 11.8 Å². The number of benzene rings is 1. The number of aryl methyl sites for hydroxylation is 1. The smallest absolute Gasteiger partial charge is 0.281 e. The number of aromatic nitrogens is 2. The summed E-state index contributed by atoms with van der Waals surface area (Å²) in [6.07, 6.45) is -0.686. The SMILES string of the molecule is Cc1nnc(Sc2ccc([C@H](C)O)cc2F)o1. The van der Waals surface area contributed by atoms with Crippen molar-refractivity contribution in [2.45, 2.75) is 30.1 Å². The molecule has 90 valence electrons. The summed E-state index contributed by atoms with van der Waals surface area (Å²) in [5, 5.41) is 17.0. The Bertz CT molecular complexity index is 528. The molecule has 1 aromatic heterocycles. The van der Waals surface area contributed by atoms with Gasteiger partial charge in [-0.1, -0.05) is 6.07 Å². The van der Waals surface area contributed by atoms with Gasteiger partial charge in [0.2, 0.25) is 5.89 Å². The molecule has 0 aliphatic heterocycles. The zero-order chi connectivity index (χ0) is 12.4. The van der Waals surface area contributed by atoms with Gasteiger partial charge in [-0.3, -0.25) is 0 Å². The molecule has 0 aliphatic rings. The van der Waals surface area contributed by atoms with Crippen LogP contribution in [0, 0.1) is 12.7 Å². The van der Waals surface area contributed by atoms with E-state index >= 15 is 0 Å². The van der Waals surface area contributed by atoms with Gasteiger partial charge in [0.15, 0.2) is 0 Å². The van der Waals surface area contributed by atoms with Crippen molar-refractivity contribution in [3.05, 3.63) is 35.5 Å². The van der Waals surface area contributed by atoms with Crippen LogP contribution >= 0.6 is 11.8 Å². The highest BCUT2D eigenvalue weighted by atomic mass is 32.2. The van der Waals surface area contributed by atoms with Gasteiger partial charge >= 0.3 is 0 Å². The Labute approximate surface area is 102 Å².